The Kier molecular flexibility index (Phi) is 3.44. The fourth-order valence-electron chi connectivity index (χ4n) is 2.30. The summed E-state index contributed by atoms with van der Waals surface area (Å²) in [5.41, 5.74) is 2.07. The first kappa shape index (κ1) is 13.0. The quantitative estimate of drug-likeness (QED) is 0.728. The van der Waals surface area contributed by atoms with Crippen LogP contribution in [0.1, 0.15) is 16.1 Å². The van der Waals surface area contributed by atoms with Crippen LogP contribution in [0.3, 0.4) is 0 Å². The van der Waals surface area contributed by atoms with Gasteiger partial charge in [0, 0.05) is 16.5 Å². The summed E-state index contributed by atoms with van der Waals surface area (Å²) in [5, 5.41) is 10.2. The lowest BCUT2D eigenvalue weighted by Gasteiger charge is -2.03. The van der Waals surface area contributed by atoms with Crippen molar-refractivity contribution in [3.05, 3.63) is 71.9 Å². The maximum atomic E-state index is 11.4. The molecule has 0 aliphatic rings. The highest BCUT2D eigenvalue weighted by Crippen LogP contribution is 2.19. The third-order valence-corrected chi connectivity index (χ3v) is 3.27. The summed E-state index contributed by atoms with van der Waals surface area (Å²) >= 11 is 0. The molecule has 102 valence electrons. The number of benzene rings is 2. The molecule has 3 heteroatoms. The molecule has 3 rings (SSSR count). The molecule has 0 spiro atoms. The Bertz CT molecular complexity index is 851. The topological polar surface area (TPSA) is 42.2 Å². The van der Waals surface area contributed by atoms with E-state index in [1.54, 1.807) is 10.6 Å². The Labute approximate surface area is 122 Å². The lowest BCUT2D eigenvalue weighted by molar-refractivity contribution is 0.0686. The van der Waals surface area contributed by atoms with Gasteiger partial charge in [0.25, 0.3) is 0 Å². The van der Waals surface area contributed by atoms with Crippen molar-refractivity contribution in [1.82, 2.24) is 4.57 Å². The van der Waals surface area contributed by atoms with Crippen LogP contribution in [0, 0.1) is 11.8 Å². The van der Waals surface area contributed by atoms with E-state index in [2.05, 4.69) is 11.8 Å². The van der Waals surface area contributed by atoms with Crippen LogP contribution >= 0.6 is 0 Å². The van der Waals surface area contributed by atoms with E-state index in [1.807, 2.05) is 54.6 Å². The summed E-state index contributed by atoms with van der Waals surface area (Å²) in [6, 6.07) is 18.9. The Morgan fingerprint density at radius 1 is 1.05 bits per heavy atom. The molecule has 3 aromatic rings. The van der Waals surface area contributed by atoms with Gasteiger partial charge >= 0.3 is 5.97 Å². The van der Waals surface area contributed by atoms with Crippen LogP contribution in [0.15, 0.2) is 60.7 Å². The molecule has 2 aromatic carbocycles. The molecule has 0 saturated heterocycles. The summed E-state index contributed by atoms with van der Waals surface area (Å²) in [5.74, 6) is 5.15. The van der Waals surface area contributed by atoms with E-state index < -0.39 is 5.97 Å². The van der Waals surface area contributed by atoms with E-state index in [0.29, 0.717) is 6.54 Å². The van der Waals surface area contributed by atoms with Crippen molar-refractivity contribution in [1.29, 1.82) is 0 Å². The molecule has 1 N–H and O–H groups in total. The molecule has 0 aliphatic carbocycles. The van der Waals surface area contributed by atoms with Gasteiger partial charge in [-0.15, -0.1) is 0 Å². The van der Waals surface area contributed by atoms with E-state index >= 15 is 0 Å². The second-order valence-corrected chi connectivity index (χ2v) is 4.65. The Morgan fingerprint density at radius 3 is 2.52 bits per heavy atom. The monoisotopic (exact) mass is 275 g/mol. The maximum absolute atomic E-state index is 11.4. The molecule has 0 unspecified atom stereocenters. The van der Waals surface area contributed by atoms with Gasteiger partial charge in [-0.05, 0) is 24.3 Å². The normalized spacial score (nSPS) is 10.1. The molecule has 3 nitrogen and oxygen atoms in total. The van der Waals surface area contributed by atoms with Gasteiger partial charge in [0.05, 0.1) is 6.54 Å². The second kappa shape index (κ2) is 5.56. The number of aromatic nitrogens is 1. The maximum Gasteiger partial charge on any atom is 0.352 e. The van der Waals surface area contributed by atoms with E-state index in [0.717, 1.165) is 16.5 Å². The molecule has 0 aliphatic heterocycles. The number of hydrogen-bond acceptors (Lipinski definition) is 1. The largest absolute Gasteiger partial charge is 0.477 e. The van der Waals surface area contributed by atoms with Gasteiger partial charge in [0.1, 0.15) is 5.69 Å². The van der Waals surface area contributed by atoms with Crippen LogP contribution in [0.2, 0.25) is 0 Å². The van der Waals surface area contributed by atoms with Crippen molar-refractivity contribution >= 4 is 16.9 Å². The average Bonchev–Trinajstić information content (AvgIpc) is 2.88. The van der Waals surface area contributed by atoms with Gasteiger partial charge in [-0.25, -0.2) is 4.79 Å². The molecule has 0 radical (unpaired) electrons. The highest BCUT2D eigenvalue weighted by molar-refractivity contribution is 5.94. The molecule has 21 heavy (non-hydrogen) atoms. The van der Waals surface area contributed by atoms with Crippen LogP contribution in [0.25, 0.3) is 10.9 Å². The van der Waals surface area contributed by atoms with Gasteiger partial charge in [-0.3, -0.25) is 0 Å². The lowest BCUT2D eigenvalue weighted by Crippen LogP contribution is -2.07. The van der Waals surface area contributed by atoms with Crippen molar-refractivity contribution in [2.75, 3.05) is 0 Å². The summed E-state index contributed by atoms with van der Waals surface area (Å²) in [6.45, 7) is 0.351. The molecular formula is C18H13NO2. The van der Waals surface area contributed by atoms with Gasteiger partial charge in [-0.2, -0.15) is 0 Å². The standard InChI is InChI=1S/C18H13NO2/c20-18(21)17-13-15-10-4-5-11-16(15)19(17)12-6-9-14-7-2-1-3-8-14/h1-5,7-8,10-11,13H,12H2,(H,20,21). The summed E-state index contributed by atoms with van der Waals surface area (Å²) in [4.78, 5) is 11.4. The van der Waals surface area contributed by atoms with E-state index in [4.69, 9.17) is 0 Å². The van der Waals surface area contributed by atoms with Gasteiger partial charge < -0.3 is 9.67 Å². The first-order chi connectivity index (χ1) is 10.3. The fourth-order valence-corrected chi connectivity index (χ4v) is 2.30. The zero-order valence-corrected chi connectivity index (χ0v) is 11.3. The Morgan fingerprint density at radius 2 is 1.76 bits per heavy atom. The predicted octanol–water partition coefficient (Wildman–Crippen LogP) is 3.39. The van der Waals surface area contributed by atoms with Crippen molar-refractivity contribution in [3.63, 3.8) is 0 Å². The van der Waals surface area contributed by atoms with Gasteiger partial charge in [-0.1, -0.05) is 48.2 Å². The number of fused-ring (bicyclic) bond motifs is 1. The molecule has 0 saturated carbocycles. The van der Waals surface area contributed by atoms with Crippen molar-refractivity contribution in [2.45, 2.75) is 6.54 Å². The Balaban J connectivity index is 1.98. The van der Waals surface area contributed by atoms with Crippen molar-refractivity contribution < 1.29 is 9.90 Å². The third-order valence-electron chi connectivity index (χ3n) is 3.27. The van der Waals surface area contributed by atoms with Crippen LogP contribution in [-0.2, 0) is 6.54 Å². The summed E-state index contributed by atoms with van der Waals surface area (Å²) in [7, 11) is 0. The minimum Gasteiger partial charge on any atom is -0.477 e. The molecule has 1 heterocycles. The number of carboxylic acids is 1. The van der Waals surface area contributed by atoms with E-state index in [9.17, 15) is 9.90 Å². The SMILES string of the molecule is O=C(O)c1cc2ccccc2n1CC#Cc1ccccc1. The number of rotatable bonds is 2. The first-order valence-corrected chi connectivity index (χ1v) is 6.61. The third kappa shape index (κ3) is 2.65. The Hall–Kier alpha value is -2.99. The van der Waals surface area contributed by atoms with Crippen LogP contribution in [-0.4, -0.2) is 15.6 Å². The van der Waals surface area contributed by atoms with Crippen LogP contribution in [0.5, 0.6) is 0 Å². The molecule has 0 fully saturated rings. The van der Waals surface area contributed by atoms with Crippen LogP contribution in [0.4, 0.5) is 0 Å². The molecule has 0 atom stereocenters. The molecule has 0 amide bonds. The van der Waals surface area contributed by atoms with Gasteiger partial charge in [0.2, 0.25) is 0 Å². The fraction of sp³-hybridized carbons (Fsp3) is 0.0556. The minimum absolute atomic E-state index is 0.263. The number of hydrogen-bond donors (Lipinski definition) is 1. The highest BCUT2D eigenvalue weighted by atomic mass is 16.4. The number of carbonyl (C=O) groups is 1. The van der Waals surface area contributed by atoms with Crippen molar-refractivity contribution in [2.24, 2.45) is 0 Å². The zero-order valence-electron chi connectivity index (χ0n) is 11.3. The summed E-state index contributed by atoms with van der Waals surface area (Å²) < 4.78 is 1.73. The lowest BCUT2D eigenvalue weighted by atomic mass is 10.2. The second-order valence-electron chi connectivity index (χ2n) is 4.65. The summed E-state index contributed by atoms with van der Waals surface area (Å²) in [6.07, 6.45) is 0. The van der Waals surface area contributed by atoms with E-state index in [1.165, 1.54) is 0 Å². The van der Waals surface area contributed by atoms with Crippen LogP contribution < -0.4 is 0 Å². The van der Waals surface area contributed by atoms with E-state index in [-0.39, 0.29) is 5.69 Å². The molecular weight excluding hydrogens is 262 g/mol. The number of aromatic carboxylic acids is 1. The average molecular weight is 275 g/mol. The smallest absolute Gasteiger partial charge is 0.352 e. The number of nitrogens with zero attached hydrogens (tertiary/aromatic N) is 1. The zero-order chi connectivity index (χ0) is 14.7. The minimum atomic E-state index is -0.937. The molecule has 0 bridgehead atoms. The number of carboxylic acid groups (broad SMARTS) is 1. The predicted molar refractivity (Wildman–Crippen MR) is 82.2 cm³/mol. The number of para-hydroxylation sites is 1. The molecule has 1 aromatic heterocycles. The van der Waals surface area contributed by atoms with Crippen molar-refractivity contribution in [3.8, 4) is 11.8 Å². The highest BCUT2D eigenvalue weighted by Gasteiger charge is 2.13. The van der Waals surface area contributed by atoms with Gasteiger partial charge in [0.15, 0.2) is 0 Å². The first-order valence-electron chi connectivity index (χ1n) is 6.61.